The average molecular weight is 510 g/mol. The first kappa shape index (κ1) is 24.7. The molecule has 2 aromatic rings. The number of benzene rings is 2. The van der Waals surface area contributed by atoms with Gasteiger partial charge in [-0.05, 0) is 41.8 Å². The summed E-state index contributed by atoms with van der Waals surface area (Å²) in [5.74, 6) is -1.06. The van der Waals surface area contributed by atoms with Crippen LogP contribution in [0.25, 0.3) is 0 Å². The zero-order valence-corrected chi connectivity index (χ0v) is 20.4. The van der Waals surface area contributed by atoms with Crippen molar-refractivity contribution in [2.24, 2.45) is 5.92 Å². The molecule has 1 atom stereocenters. The molecule has 5 amide bonds. The summed E-state index contributed by atoms with van der Waals surface area (Å²) in [6, 6.07) is 10.6. The summed E-state index contributed by atoms with van der Waals surface area (Å²) < 4.78 is 19.0. The molecule has 2 fully saturated rings. The number of carbonyl (C=O) groups excluding carboxylic acids is 4. The van der Waals surface area contributed by atoms with Crippen LogP contribution in [-0.4, -0.2) is 67.0 Å². The van der Waals surface area contributed by atoms with Gasteiger partial charge in [-0.1, -0.05) is 18.2 Å². The van der Waals surface area contributed by atoms with E-state index in [9.17, 15) is 23.6 Å². The van der Waals surface area contributed by atoms with E-state index >= 15 is 0 Å². The van der Waals surface area contributed by atoms with Gasteiger partial charge in [0.25, 0.3) is 5.91 Å². The molecular formula is C26H28FN5O5. The summed E-state index contributed by atoms with van der Waals surface area (Å²) in [7, 11) is 1.51. The van der Waals surface area contributed by atoms with E-state index in [-0.39, 0.29) is 36.6 Å². The number of amides is 5. The molecule has 1 aliphatic carbocycles. The van der Waals surface area contributed by atoms with Gasteiger partial charge in [-0.15, -0.1) is 0 Å². The Morgan fingerprint density at radius 3 is 2.62 bits per heavy atom. The number of anilines is 1. The van der Waals surface area contributed by atoms with Crippen molar-refractivity contribution in [3.8, 4) is 0 Å². The zero-order chi connectivity index (χ0) is 26.2. The van der Waals surface area contributed by atoms with Crippen LogP contribution in [0, 0.1) is 11.7 Å². The minimum absolute atomic E-state index is 0.238. The highest BCUT2D eigenvalue weighted by Gasteiger charge is 2.58. The highest BCUT2D eigenvalue weighted by Crippen LogP contribution is 2.46. The van der Waals surface area contributed by atoms with Gasteiger partial charge in [0, 0.05) is 56.8 Å². The fraction of sp³-hybridized carbons (Fsp3) is 0.385. The molecule has 3 N–H and O–H groups in total. The van der Waals surface area contributed by atoms with Crippen LogP contribution in [0.15, 0.2) is 42.5 Å². The Hall–Kier alpha value is -3.99. The van der Waals surface area contributed by atoms with Crippen molar-refractivity contribution >= 4 is 29.6 Å². The third kappa shape index (κ3) is 4.74. The standard InChI is InChI=1S/C26H28FN5O5/c1-28-24(35)30-20-6-7-21-18(10-20)8-9-26(21)23(34)32(25(36)37-26)15-22(33)31(14-17-11-29-12-17)13-16-2-4-19(27)5-3-16/h2-7,10,17,29H,8-9,11-15H2,1H3,(H2,28,30,35)/t26-/m1/s1. The molecule has 2 aromatic carbocycles. The highest BCUT2D eigenvalue weighted by molar-refractivity contribution is 6.06. The Balaban J connectivity index is 1.32. The second kappa shape index (κ2) is 9.81. The maximum atomic E-state index is 13.5. The summed E-state index contributed by atoms with van der Waals surface area (Å²) in [6.07, 6.45) is -0.121. The van der Waals surface area contributed by atoms with Crippen LogP contribution < -0.4 is 16.0 Å². The number of hydrogen-bond acceptors (Lipinski definition) is 6. The molecule has 0 saturated carbocycles. The topological polar surface area (TPSA) is 120 Å². The molecule has 10 nitrogen and oxygen atoms in total. The number of nitrogens with one attached hydrogen (secondary N) is 3. The maximum absolute atomic E-state index is 13.5. The lowest BCUT2D eigenvalue weighted by Crippen LogP contribution is -2.51. The molecule has 2 heterocycles. The molecular weight excluding hydrogens is 481 g/mol. The van der Waals surface area contributed by atoms with Crippen LogP contribution in [0.2, 0.25) is 0 Å². The van der Waals surface area contributed by atoms with E-state index in [1.165, 1.54) is 19.2 Å². The lowest BCUT2D eigenvalue weighted by atomic mass is 9.94. The number of carbonyl (C=O) groups is 4. The summed E-state index contributed by atoms with van der Waals surface area (Å²) in [6.45, 7) is 1.80. The molecule has 0 radical (unpaired) electrons. The number of nitrogens with zero attached hydrogens (tertiary/aromatic N) is 2. The van der Waals surface area contributed by atoms with Gasteiger partial charge in [-0.25, -0.2) is 18.9 Å². The van der Waals surface area contributed by atoms with Gasteiger partial charge in [-0.2, -0.15) is 0 Å². The van der Waals surface area contributed by atoms with Crippen LogP contribution >= 0.6 is 0 Å². The van der Waals surface area contributed by atoms with Crippen LogP contribution in [0.3, 0.4) is 0 Å². The van der Waals surface area contributed by atoms with Gasteiger partial charge in [0.1, 0.15) is 12.4 Å². The fourth-order valence-corrected chi connectivity index (χ4v) is 5.01. The van der Waals surface area contributed by atoms with E-state index in [1.54, 1.807) is 35.2 Å². The van der Waals surface area contributed by atoms with E-state index in [0.29, 0.717) is 24.2 Å². The molecule has 0 bridgehead atoms. The first-order valence-corrected chi connectivity index (χ1v) is 12.2. The van der Waals surface area contributed by atoms with E-state index in [1.807, 2.05) is 0 Å². The molecule has 3 aliphatic rings. The Kier molecular flexibility index (Phi) is 6.55. The molecule has 0 unspecified atom stereocenters. The molecule has 5 rings (SSSR count). The number of rotatable bonds is 7. The largest absolute Gasteiger partial charge is 0.427 e. The number of aryl methyl sites for hydroxylation is 1. The molecule has 194 valence electrons. The van der Waals surface area contributed by atoms with E-state index in [0.717, 1.165) is 29.1 Å². The van der Waals surface area contributed by atoms with Crippen LogP contribution in [-0.2, 0) is 32.9 Å². The van der Waals surface area contributed by atoms with Gasteiger partial charge in [0.2, 0.25) is 11.5 Å². The predicted molar refractivity (Wildman–Crippen MR) is 131 cm³/mol. The molecule has 37 heavy (non-hydrogen) atoms. The van der Waals surface area contributed by atoms with Crippen molar-refractivity contribution in [1.29, 1.82) is 0 Å². The first-order chi connectivity index (χ1) is 17.8. The lowest BCUT2D eigenvalue weighted by molar-refractivity contribution is -0.142. The summed E-state index contributed by atoms with van der Waals surface area (Å²) >= 11 is 0. The van der Waals surface area contributed by atoms with Crippen molar-refractivity contribution in [3.05, 3.63) is 65.0 Å². The summed E-state index contributed by atoms with van der Waals surface area (Å²) in [5.41, 5.74) is 1.18. The van der Waals surface area contributed by atoms with Gasteiger partial charge < -0.3 is 25.6 Å². The monoisotopic (exact) mass is 509 g/mol. The summed E-state index contributed by atoms with van der Waals surface area (Å²) in [4.78, 5) is 53.8. The number of imide groups is 1. The van der Waals surface area contributed by atoms with E-state index in [4.69, 9.17) is 4.74 Å². The molecule has 0 aromatic heterocycles. The fourth-order valence-electron chi connectivity index (χ4n) is 5.01. The highest BCUT2D eigenvalue weighted by atomic mass is 19.1. The van der Waals surface area contributed by atoms with Crippen molar-refractivity contribution in [2.75, 3.05) is 38.5 Å². The van der Waals surface area contributed by atoms with Crippen LogP contribution in [0.5, 0.6) is 0 Å². The SMILES string of the molecule is CNC(=O)Nc1ccc2c(c1)CC[C@@]21OC(=O)N(CC(=O)N(Cc2ccc(F)cc2)CC2CNC2)C1=O. The van der Waals surface area contributed by atoms with Crippen molar-refractivity contribution < 1.29 is 28.3 Å². The number of ether oxygens (including phenoxy) is 1. The van der Waals surface area contributed by atoms with E-state index in [2.05, 4.69) is 16.0 Å². The maximum Gasteiger partial charge on any atom is 0.418 e. The zero-order valence-electron chi connectivity index (χ0n) is 20.4. The Bertz CT molecular complexity index is 1250. The smallest absolute Gasteiger partial charge is 0.418 e. The first-order valence-electron chi connectivity index (χ1n) is 12.2. The number of urea groups is 1. The normalized spacial score (nSPS) is 20.4. The lowest BCUT2D eigenvalue weighted by Gasteiger charge is -2.34. The van der Waals surface area contributed by atoms with Gasteiger partial charge in [0.15, 0.2) is 0 Å². The van der Waals surface area contributed by atoms with Gasteiger partial charge >= 0.3 is 12.1 Å². The second-order valence-corrected chi connectivity index (χ2v) is 9.59. The summed E-state index contributed by atoms with van der Waals surface area (Å²) in [5, 5.41) is 8.33. The third-order valence-electron chi connectivity index (χ3n) is 7.12. The Labute approximate surface area is 213 Å². The second-order valence-electron chi connectivity index (χ2n) is 9.59. The quantitative estimate of drug-likeness (QED) is 0.525. The van der Waals surface area contributed by atoms with Gasteiger partial charge in [-0.3, -0.25) is 9.59 Å². The van der Waals surface area contributed by atoms with Crippen molar-refractivity contribution in [2.45, 2.75) is 25.0 Å². The predicted octanol–water partition coefficient (Wildman–Crippen LogP) is 1.95. The number of hydrogen-bond donors (Lipinski definition) is 3. The van der Waals surface area contributed by atoms with Gasteiger partial charge in [0.05, 0.1) is 0 Å². The molecule has 2 saturated heterocycles. The Morgan fingerprint density at radius 2 is 1.95 bits per heavy atom. The molecule has 2 aliphatic heterocycles. The number of fused-ring (bicyclic) bond motifs is 2. The van der Waals surface area contributed by atoms with Crippen molar-refractivity contribution in [3.63, 3.8) is 0 Å². The minimum atomic E-state index is -1.47. The molecule has 1 spiro atoms. The van der Waals surface area contributed by atoms with Crippen LogP contribution in [0.4, 0.5) is 19.7 Å². The Morgan fingerprint density at radius 1 is 1.19 bits per heavy atom. The minimum Gasteiger partial charge on any atom is -0.427 e. The average Bonchev–Trinajstić information content (AvgIpc) is 3.33. The van der Waals surface area contributed by atoms with Crippen LogP contribution in [0.1, 0.15) is 23.1 Å². The number of halogens is 1. The third-order valence-corrected chi connectivity index (χ3v) is 7.12. The van der Waals surface area contributed by atoms with Crippen molar-refractivity contribution in [1.82, 2.24) is 20.4 Å². The van der Waals surface area contributed by atoms with E-state index < -0.39 is 24.1 Å². The molecule has 11 heteroatoms.